The molecule has 4 rings (SSSR count). The van der Waals surface area contributed by atoms with Crippen LogP contribution in [0.15, 0.2) is 42.5 Å². The molecule has 0 spiro atoms. The van der Waals surface area contributed by atoms with Gasteiger partial charge in [0.2, 0.25) is 6.79 Å². The summed E-state index contributed by atoms with van der Waals surface area (Å²) in [6, 6.07) is 14.6. The van der Waals surface area contributed by atoms with Crippen molar-refractivity contribution in [2.24, 2.45) is 5.92 Å². The predicted molar refractivity (Wildman–Crippen MR) is 117 cm³/mol. The van der Waals surface area contributed by atoms with Crippen molar-refractivity contribution in [1.82, 2.24) is 5.32 Å². The van der Waals surface area contributed by atoms with Gasteiger partial charge in [0.15, 0.2) is 16.6 Å². The van der Waals surface area contributed by atoms with Gasteiger partial charge in [-0.25, -0.2) is 0 Å². The van der Waals surface area contributed by atoms with Gasteiger partial charge in [-0.1, -0.05) is 19.1 Å². The fraction of sp³-hybridized carbons (Fsp3) is 0.409. The van der Waals surface area contributed by atoms with Crippen LogP contribution < -0.4 is 25.0 Å². The van der Waals surface area contributed by atoms with E-state index in [1.54, 1.807) is 0 Å². The molecule has 2 aromatic rings. The molecule has 6 heteroatoms. The maximum atomic E-state index is 5.48. The molecule has 0 aliphatic carbocycles. The molecule has 2 heterocycles. The Morgan fingerprint density at radius 2 is 1.79 bits per heavy atom. The van der Waals surface area contributed by atoms with E-state index in [4.69, 9.17) is 21.7 Å². The minimum atomic E-state index is 0.115. The van der Waals surface area contributed by atoms with Gasteiger partial charge >= 0.3 is 0 Å². The van der Waals surface area contributed by atoms with Crippen LogP contribution >= 0.6 is 12.2 Å². The highest BCUT2D eigenvalue weighted by Gasteiger charge is 2.17. The second kappa shape index (κ2) is 8.27. The quantitative estimate of drug-likeness (QED) is 0.729. The number of fused-ring (bicyclic) bond motifs is 1. The van der Waals surface area contributed by atoms with E-state index in [1.165, 1.54) is 24.1 Å². The van der Waals surface area contributed by atoms with Crippen LogP contribution in [0.1, 0.15) is 38.3 Å². The van der Waals surface area contributed by atoms with Crippen LogP contribution in [-0.2, 0) is 0 Å². The summed E-state index contributed by atoms with van der Waals surface area (Å²) in [6.45, 7) is 7.03. The summed E-state index contributed by atoms with van der Waals surface area (Å²) in [6.07, 6.45) is 2.55. The molecule has 2 N–H and O–H groups in total. The molecule has 2 aliphatic heterocycles. The van der Waals surface area contributed by atoms with Gasteiger partial charge in [0.05, 0.1) is 6.04 Å². The highest BCUT2D eigenvalue weighted by atomic mass is 32.1. The Labute approximate surface area is 172 Å². The molecule has 0 saturated carbocycles. The van der Waals surface area contributed by atoms with Crippen molar-refractivity contribution in [1.29, 1.82) is 0 Å². The lowest BCUT2D eigenvalue weighted by Gasteiger charge is -2.32. The Hall–Kier alpha value is -2.47. The van der Waals surface area contributed by atoms with Crippen LogP contribution in [0.25, 0.3) is 0 Å². The van der Waals surface area contributed by atoms with E-state index in [9.17, 15) is 0 Å². The zero-order chi connectivity index (χ0) is 19.5. The Morgan fingerprint density at radius 1 is 1.07 bits per heavy atom. The number of nitrogens with one attached hydrogen (secondary N) is 2. The first-order valence-corrected chi connectivity index (χ1v) is 10.3. The number of rotatable bonds is 4. The summed E-state index contributed by atoms with van der Waals surface area (Å²) in [7, 11) is 0. The van der Waals surface area contributed by atoms with Crippen molar-refractivity contribution < 1.29 is 9.47 Å². The Bertz CT molecular complexity index is 832. The number of hydrogen-bond donors (Lipinski definition) is 2. The molecule has 28 heavy (non-hydrogen) atoms. The van der Waals surface area contributed by atoms with E-state index in [2.05, 4.69) is 53.6 Å². The zero-order valence-electron chi connectivity index (χ0n) is 16.4. The van der Waals surface area contributed by atoms with Crippen molar-refractivity contribution in [3.05, 3.63) is 48.0 Å². The molecule has 5 nitrogen and oxygen atoms in total. The topological polar surface area (TPSA) is 45.8 Å². The molecule has 0 unspecified atom stereocenters. The number of ether oxygens (including phenoxy) is 2. The molecule has 2 aromatic carbocycles. The molecule has 148 valence electrons. The van der Waals surface area contributed by atoms with E-state index >= 15 is 0 Å². The van der Waals surface area contributed by atoms with Gasteiger partial charge in [0, 0.05) is 30.5 Å². The third kappa shape index (κ3) is 4.33. The van der Waals surface area contributed by atoms with E-state index in [0.717, 1.165) is 36.2 Å². The molecular formula is C22H27N3O2S. The highest BCUT2D eigenvalue weighted by molar-refractivity contribution is 7.80. The molecule has 0 bridgehead atoms. The maximum Gasteiger partial charge on any atom is 0.231 e. The van der Waals surface area contributed by atoms with Gasteiger partial charge in [-0.2, -0.15) is 0 Å². The molecule has 0 aromatic heterocycles. The van der Waals surface area contributed by atoms with Crippen LogP contribution in [0.4, 0.5) is 11.4 Å². The molecule has 0 radical (unpaired) electrons. The summed E-state index contributed by atoms with van der Waals surface area (Å²) in [5, 5.41) is 7.15. The zero-order valence-corrected chi connectivity index (χ0v) is 17.2. The minimum absolute atomic E-state index is 0.115. The normalized spacial score (nSPS) is 17.3. The first kappa shape index (κ1) is 18.9. The Morgan fingerprint density at radius 3 is 2.54 bits per heavy atom. The highest BCUT2D eigenvalue weighted by Crippen LogP contribution is 2.34. The largest absolute Gasteiger partial charge is 0.454 e. The standard InChI is InChI=1S/C22H27N3O2S/c1-15-9-11-25(12-10-15)19-6-3-17(4-7-19)16(2)23-22(28)24-18-5-8-20-21(13-18)27-14-26-20/h3-8,13,15-16H,9-12,14H2,1-2H3,(H2,23,24,28)/t16-/m0/s1. The van der Waals surface area contributed by atoms with Gasteiger partial charge in [-0.3, -0.25) is 0 Å². The third-order valence-corrected chi connectivity index (χ3v) is 5.74. The third-order valence-electron chi connectivity index (χ3n) is 5.52. The lowest BCUT2D eigenvalue weighted by Crippen LogP contribution is -2.33. The predicted octanol–water partition coefficient (Wildman–Crippen LogP) is 4.70. The molecule has 1 fully saturated rings. The van der Waals surface area contributed by atoms with Crippen molar-refractivity contribution >= 4 is 28.7 Å². The molecule has 2 aliphatic rings. The van der Waals surface area contributed by atoms with Crippen LogP contribution in [0, 0.1) is 5.92 Å². The van der Waals surface area contributed by atoms with Gasteiger partial charge in [0.25, 0.3) is 0 Å². The van der Waals surface area contributed by atoms with E-state index in [1.807, 2.05) is 18.2 Å². The van der Waals surface area contributed by atoms with E-state index in [0.29, 0.717) is 5.11 Å². The summed E-state index contributed by atoms with van der Waals surface area (Å²) < 4.78 is 10.7. The van der Waals surface area contributed by atoms with Crippen molar-refractivity contribution in [2.75, 3.05) is 30.1 Å². The second-order valence-corrected chi connectivity index (χ2v) is 8.06. The fourth-order valence-electron chi connectivity index (χ4n) is 3.66. The number of piperidine rings is 1. The van der Waals surface area contributed by atoms with E-state index in [-0.39, 0.29) is 12.8 Å². The minimum Gasteiger partial charge on any atom is -0.454 e. The summed E-state index contributed by atoms with van der Waals surface area (Å²) in [5.41, 5.74) is 3.40. The average Bonchev–Trinajstić information content (AvgIpc) is 3.16. The first-order chi connectivity index (χ1) is 13.6. The monoisotopic (exact) mass is 397 g/mol. The smallest absolute Gasteiger partial charge is 0.231 e. The van der Waals surface area contributed by atoms with Crippen LogP contribution in [0.3, 0.4) is 0 Å². The number of benzene rings is 2. The van der Waals surface area contributed by atoms with Gasteiger partial charge in [0.1, 0.15) is 0 Å². The van der Waals surface area contributed by atoms with Gasteiger partial charge < -0.3 is 25.0 Å². The van der Waals surface area contributed by atoms with Crippen LogP contribution in [-0.4, -0.2) is 25.0 Å². The lowest BCUT2D eigenvalue weighted by atomic mass is 9.98. The number of anilines is 2. The Balaban J connectivity index is 1.32. The number of hydrogen-bond acceptors (Lipinski definition) is 4. The molecular weight excluding hydrogens is 370 g/mol. The van der Waals surface area contributed by atoms with E-state index < -0.39 is 0 Å². The molecule has 1 saturated heterocycles. The Kier molecular flexibility index (Phi) is 5.57. The van der Waals surface area contributed by atoms with Crippen molar-refractivity contribution in [2.45, 2.75) is 32.7 Å². The number of nitrogens with zero attached hydrogens (tertiary/aromatic N) is 1. The SMILES string of the molecule is CC1CCN(c2ccc([C@H](C)NC(=S)Nc3ccc4c(c3)OCO4)cc2)CC1. The second-order valence-electron chi connectivity index (χ2n) is 7.65. The van der Waals surface area contributed by atoms with Gasteiger partial charge in [-0.05, 0) is 67.7 Å². The maximum absolute atomic E-state index is 5.48. The average molecular weight is 398 g/mol. The van der Waals surface area contributed by atoms with Crippen LogP contribution in [0.2, 0.25) is 0 Å². The summed E-state index contributed by atoms with van der Waals surface area (Å²) in [4.78, 5) is 2.48. The van der Waals surface area contributed by atoms with Crippen LogP contribution in [0.5, 0.6) is 11.5 Å². The lowest BCUT2D eigenvalue weighted by molar-refractivity contribution is 0.174. The van der Waals surface area contributed by atoms with Crippen molar-refractivity contribution in [3.63, 3.8) is 0 Å². The fourth-order valence-corrected chi connectivity index (χ4v) is 3.96. The first-order valence-electron chi connectivity index (χ1n) is 9.90. The number of thiocarbonyl (C=S) groups is 1. The summed E-state index contributed by atoms with van der Waals surface area (Å²) >= 11 is 5.48. The molecule has 1 atom stereocenters. The van der Waals surface area contributed by atoms with Crippen molar-refractivity contribution in [3.8, 4) is 11.5 Å². The molecule has 0 amide bonds. The van der Waals surface area contributed by atoms with Gasteiger partial charge in [-0.15, -0.1) is 0 Å². The summed E-state index contributed by atoms with van der Waals surface area (Å²) in [5.74, 6) is 2.35.